The Balaban J connectivity index is 2.44. The van der Waals surface area contributed by atoms with Gasteiger partial charge >= 0.3 is 6.03 Å². The molecule has 84 valence electrons. The van der Waals surface area contributed by atoms with Crippen LogP contribution in [0.5, 0.6) is 0 Å². The second kappa shape index (κ2) is 5.67. The fraction of sp³-hybridized carbons (Fsp3) is 0.556. The average Bonchev–Trinajstić information content (AvgIpc) is 2.65. The summed E-state index contributed by atoms with van der Waals surface area (Å²) in [5.74, 6) is 0. The largest absolute Gasteiger partial charge is 0.394 e. The number of rotatable bonds is 4. The molecule has 1 heterocycles. The molecule has 1 unspecified atom stereocenters. The Labute approximate surface area is 92.5 Å². The number of nitrogens with zero attached hydrogens (tertiary/aromatic N) is 1. The van der Waals surface area contributed by atoms with Crippen molar-refractivity contribution in [2.75, 3.05) is 11.9 Å². The Morgan fingerprint density at radius 3 is 3.00 bits per heavy atom. The molecule has 0 fully saturated rings. The van der Waals surface area contributed by atoms with E-state index < -0.39 is 0 Å². The summed E-state index contributed by atoms with van der Waals surface area (Å²) in [4.78, 5) is 15.5. The van der Waals surface area contributed by atoms with E-state index >= 15 is 0 Å². The van der Waals surface area contributed by atoms with Gasteiger partial charge in [0.05, 0.1) is 18.3 Å². The van der Waals surface area contributed by atoms with E-state index in [1.807, 2.05) is 12.3 Å². The number of aromatic nitrogens is 1. The molecule has 6 heteroatoms. The van der Waals surface area contributed by atoms with Crippen LogP contribution in [0.1, 0.15) is 19.5 Å². The van der Waals surface area contributed by atoms with Crippen LogP contribution in [0.25, 0.3) is 0 Å². The Morgan fingerprint density at radius 1 is 1.73 bits per heavy atom. The van der Waals surface area contributed by atoms with Crippen molar-refractivity contribution in [1.82, 2.24) is 10.3 Å². The molecule has 0 bridgehead atoms. The lowest BCUT2D eigenvalue weighted by molar-refractivity contribution is 0.229. The molecule has 2 amide bonds. The lowest BCUT2D eigenvalue weighted by atomic mass is 10.4. The molecule has 5 nitrogen and oxygen atoms in total. The second-order valence-corrected chi connectivity index (χ2v) is 4.04. The van der Waals surface area contributed by atoms with E-state index in [4.69, 9.17) is 5.11 Å². The predicted molar refractivity (Wildman–Crippen MR) is 60.2 cm³/mol. The van der Waals surface area contributed by atoms with Gasteiger partial charge < -0.3 is 10.4 Å². The first-order valence-electron chi connectivity index (χ1n) is 4.78. The molecule has 3 N–H and O–H groups in total. The van der Waals surface area contributed by atoms with Crippen molar-refractivity contribution >= 4 is 22.5 Å². The van der Waals surface area contributed by atoms with E-state index in [1.165, 1.54) is 11.3 Å². The molecule has 0 aliphatic carbocycles. The number of aliphatic hydroxyl groups is 1. The summed E-state index contributed by atoms with van der Waals surface area (Å²) in [6.45, 7) is 3.65. The number of thiazole rings is 1. The van der Waals surface area contributed by atoms with Crippen molar-refractivity contribution in [2.24, 2.45) is 0 Å². The molecule has 1 aromatic rings. The molecule has 0 radical (unpaired) electrons. The summed E-state index contributed by atoms with van der Waals surface area (Å²) in [7, 11) is 0. The van der Waals surface area contributed by atoms with Crippen molar-refractivity contribution in [2.45, 2.75) is 26.3 Å². The van der Waals surface area contributed by atoms with Gasteiger partial charge in [-0.15, -0.1) is 11.3 Å². The minimum absolute atomic E-state index is 0.0779. The number of aryl methyl sites for hydroxylation is 1. The summed E-state index contributed by atoms with van der Waals surface area (Å²) < 4.78 is 0. The third-order valence-corrected chi connectivity index (χ3v) is 2.59. The monoisotopic (exact) mass is 229 g/mol. The van der Waals surface area contributed by atoms with Gasteiger partial charge in [-0.1, -0.05) is 6.92 Å². The average molecular weight is 229 g/mol. The third kappa shape index (κ3) is 3.85. The number of carbonyl (C=O) groups is 1. The number of amides is 2. The van der Waals surface area contributed by atoms with Crippen molar-refractivity contribution < 1.29 is 9.90 Å². The fourth-order valence-corrected chi connectivity index (χ4v) is 1.72. The predicted octanol–water partition coefficient (Wildman–Crippen LogP) is 1.21. The van der Waals surface area contributed by atoms with Gasteiger partial charge in [-0.25, -0.2) is 9.78 Å². The molecule has 0 spiro atoms. The van der Waals surface area contributed by atoms with E-state index in [-0.39, 0.29) is 18.7 Å². The summed E-state index contributed by atoms with van der Waals surface area (Å²) in [5.41, 5.74) is 0.963. The first-order valence-corrected chi connectivity index (χ1v) is 5.66. The summed E-state index contributed by atoms with van der Waals surface area (Å²) >= 11 is 1.39. The van der Waals surface area contributed by atoms with Crippen LogP contribution in [0.15, 0.2) is 5.38 Å². The van der Waals surface area contributed by atoms with Crippen LogP contribution in [0.3, 0.4) is 0 Å². The quantitative estimate of drug-likeness (QED) is 0.726. The maximum Gasteiger partial charge on any atom is 0.321 e. The van der Waals surface area contributed by atoms with Crippen LogP contribution < -0.4 is 10.6 Å². The number of hydrogen-bond acceptors (Lipinski definition) is 4. The van der Waals surface area contributed by atoms with Gasteiger partial charge in [0.15, 0.2) is 5.13 Å². The molecular formula is C9H15N3O2S. The smallest absolute Gasteiger partial charge is 0.321 e. The molecule has 0 aliphatic heterocycles. The normalized spacial score (nSPS) is 12.2. The highest BCUT2D eigenvalue weighted by molar-refractivity contribution is 7.13. The van der Waals surface area contributed by atoms with Crippen molar-refractivity contribution in [3.63, 3.8) is 0 Å². The Hall–Kier alpha value is -1.14. The third-order valence-electron chi connectivity index (χ3n) is 1.79. The highest BCUT2D eigenvalue weighted by Gasteiger charge is 2.08. The van der Waals surface area contributed by atoms with Crippen LogP contribution in [0.2, 0.25) is 0 Å². The van der Waals surface area contributed by atoms with Crippen LogP contribution in [-0.2, 0) is 6.42 Å². The molecule has 1 aromatic heterocycles. The molecule has 1 rings (SSSR count). The Bertz CT molecular complexity index is 327. The van der Waals surface area contributed by atoms with Gasteiger partial charge in [0.2, 0.25) is 0 Å². The second-order valence-electron chi connectivity index (χ2n) is 3.18. The van der Waals surface area contributed by atoms with Crippen molar-refractivity contribution in [1.29, 1.82) is 0 Å². The zero-order valence-corrected chi connectivity index (χ0v) is 9.60. The SMILES string of the molecule is CCc1csc(NC(=O)NC(C)CO)n1. The highest BCUT2D eigenvalue weighted by atomic mass is 32.1. The summed E-state index contributed by atoms with van der Waals surface area (Å²) in [6, 6.07) is -0.593. The first kappa shape index (κ1) is 11.9. The lowest BCUT2D eigenvalue weighted by Gasteiger charge is -2.10. The van der Waals surface area contributed by atoms with Crippen LogP contribution in [-0.4, -0.2) is 28.8 Å². The molecule has 0 saturated carbocycles. The van der Waals surface area contributed by atoms with E-state index in [9.17, 15) is 4.79 Å². The topological polar surface area (TPSA) is 74.2 Å². The van der Waals surface area contributed by atoms with Gasteiger partial charge in [-0.2, -0.15) is 0 Å². The first-order chi connectivity index (χ1) is 7.15. The van der Waals surface area contributed by atoms with Gasteiger partial charge in [-0.3, -0.25) is 5.32 Å². The molecule has 1 atom stereocenters. The van der Waals surface area contributed by atoms with Crippen molar-refractivity contribution in [3.05, 3.63) is 11.1 Å². The fourth-order valence-electron chi connectivity index (χ4n) is 0.929. The summed E-state index contributed by atoms with van der Waals surface area (Å²) in [6.07, 6.45) is 0.854. The van der Waals surface area contributed by atoms with Gasteiger partial charge in [-0.05, 0) is 13.3 Å². The van der Waals surface area contributed by atoms with Crippen LogP contribution in [0.4, 0.5) is 9.93 Å². The standard InChI is InChI=1S/C9H15N3O2S/c1-3-7-5-15-9(11-7)12-8(14)10-6(2)4-13/h5-6,13H,3-4H2,1-2H3,(H2,10,11,12,14). The van der Waals surface area contributed by atoms with E-state index in [2.05, 4.69) is 15.6 Å². The molecule has 0 aliphatic rings. The minimum Gasteiger partial charge on any atom is -0.394 e. The minimum atomic E-state index is -0.339. The van der Waals surface area contributed by atoms with Crippen LogP contribution in [0, 0.1) is 0 Å². The molecule has 0 saturated heterocycles. The highest BCUT2D eigenvalue weighted by Crippen LogP contribution is 2.15. The number of hydrogen-bond donors (Lipinski definition) is 3. The van der Waals surface area contributed by atoms with Crippen LogP contribution >= 0.6 is 11.3 Å². The molecule has 0 aromatic carbocycles. The van der Waals surface area contributed by atoms with Gasteiger partial charge in [0, 0.05) is 5.38 Å². The van der Waals surface area contributed by atoms with E-state index in [1.54, 1.807) is 6.92 Å². The lowest BCUT2D eigenvalue weighted by Crippen LogP contribution is -2.38. The maximum absolute atomic E-state index is 11.3. The Kier molecular flexibility index (Phi) is 4.51. The zero-order chi connectivity index (χ0) is 11.3. The summed E-state index contributed by atoms with van der Waals surface area (Å²) in [5, 5.41) is 16.4. The zero-order valence-electron chi connectivity index (χ0n) is 8.78. The number of nitrogens with one attached hydrogen (secondary N) is 2. The molecule has 15 heavy (non-hydrogen) atoms. The van der Waals surface area contributed by atoms with E-state index in [0.717, 1.165) is 12.1 Å². The maximum atomic E-state index is 11.3. The number of aliphatic hydroxyl groups excluding tert-OH is 1. The number of carbonyl (C=O) groups excluding carboxylic acids is 1. The number of anilines is 1. The van der Waals surface area contributed by atoms with E-state index in [0.29, 0.717) is 5.13 Å². The number of urea groups is 1. The Morgan fingerprint density at radius 2 is 2.47 bits per heavy atom. The molecular weight excluding hydrogens is 214 g/mol. The van der Waals surface area contributed by atoms with Gasteiger partial charge in [0.1, 0.15) is 0 Å². The van der Waals surface area contributed by atoms with Crippen molar-refractivity contribution in [3.8, 4) is 0 Å². The van der Waals surface area contributed by atoms with Gasteiger partial charge in [0.25, 0.3) is 0 Å².